The Labute approximate surface area is 104 Å². The molecule has 6 heteroatoms. The van der Waals surface area contributed by atoms with Crippen LogP contribution >= 0.6 is 0 Å². The van der Waals surface area contributed by atoms with Gasteiger partial charge in [-0.15, -0.1) is 0 Å². The van der Waals surface area contributed by atoms with Gasteiger partial charge in [-0.1, -0.05) is 6.07 Å². The third-order valence-electron chi connectivity index (χ3n) is 2.40. The van der Waals surface area contributed by atoms with E-state index < -0.39 is 0 Å². The Morgan fingerprint density at radius 2 is 2.39 bits per heavy atom. The van der Waals surface area contributed by atoms with Crippen LogP contribution in [0.5, 0.6) is 6.08 Å². The van der Waals surface area contributed by atoms with E-state index in [9.17, 15) is 0 Å². The van der Waals surface area contributed by atoms with Crippen molar-refractivity contribution >= 4 is 5.69 Å². The van der Waals surface area contributed by atoms with Gasteiger partial charge in [-0.05, 0) is 12.1 Å². The number of oxazole rings is 1. The van der Waals surface area contributed by atoms with Crippen molar-refractivity contribution < 1.29 is 9.15 Å². The molecule has 0 aliphatic heterocycles. The minimum atomic E-state index is 0.161. The summed E-state index contributed by atoms with van der Waals surface area (Å²) in [4.78, 5) is 3.84. The van der Waals surface area contributed by atoms with E-state index in [-0.39, 0.29) is 12.7 Å². The molecule has 1 aromatic carbocycles. The number of nitrogens with zero attached hydrogens (tertiary/aromatic N) is 3. The Morgan fingerprint density at radius 3 is 3.00 bits per heavy atom. The van der Waals surface area contributed by atoms with E-state index in [0.29, 0.717) is 11.1 Å². The number of benzene rings is 1. The van der Waals surface area contributed by atoms with Gasteiger partial charge < -0.3 is 14.2 Å². The van der Waals surface area contributed by atoms with Gasteiger partial charge in [-0.25, -0.2) is 5.84 Å². The fourth-order valence-corrected chi connectivity index (χ4v) is 1.58. The molecule has 2 N–H and O–H groups in total. The molecule has 0 amide bonds. The average molecular weight is 244 g/mol. The second kappa shape index (κ2) is 5.21. The molecule has 0 saturated carbocycles. The molecular formula is C12H12N4O2. The number of anilines is 1. The van der Waals surface area contributed by atoms with Crippen LogP contribution in [0.3, 0.4) is 0 Å². The normalized spacial score (nSPS) is 9.83. The van der Waals surface area contributed by atoms with E-state index in [2.05, 4.69) is 11.1 Å². The van der Waals surface area contributed by atoms with Gasteiger partial charge in [-0.3, -0.25) is 0 Å². The summed E-state index contributed by atoms with van der Waals surface area (Å²) >= 11 is 0. The SMILES string of the molecule is CN(N)c1cccc(C#N)c1COc1ncco1. The average Bonchev–Trinajstić information content (AvgIpc) is 2.88. The first-order valence-corrected chi connectivity index (χ1v) is 5.25. The van der Waals surface area contributed by atoms with Gasteiger partial charge in [0.25, 0.3) is 0 Å². The molecule has 0 fully saturated rings. The lowest BCUT2D eigenvalue weighted by Gasteiger charge is -2.17. The Hall–Kier alpha value is -2.52. The molecular weight excluding hydrogens is 232 g/mol. The summed E-state index contributed by atoms with van der Waals surface area (Å²) in [6.45, 7) is 0.168. The zero-order chi connectivity index (χ0) is 13.0. The minimum Gasteiger partial charge on any atom is -0.445 e. The predicted molar refractivity (Wildman–Crippen MR) is 64.6 cm³/mol. The van der Waals surface area contributed by atoms with E-state index >= 15 is 0 Å². The minimum absolute atomic E-state index is 0.161. The van der Waals surface area contributed by atoms with Gasteiger partial charge in [0.15, 0.2) is 0 Å². The summed E-state index contributed by atoms with van der Waals surface area (Å²) in [5, 5.41) is 10.5. The summed E-state index contributed by atoms with van der Waals surface area (Å²) in [6.07, 6.45) is 3.07. The van der Waals surface area contributed by atoms with E-state index in [1.165, 1.54) is 17.5 Å². The fraction of sp³-hybridized carbons (Fsp3) is 0.167. The predicted octanol–water partition coefficient (Wildman–Crippen LogP) is 1.44. The molecule has 1 heterocycles. The molecule has 2 rings (SSSR count). The molecule has 0 atom stereocenters. The highest BCUT2D eigenvalue weighted by atomic mass is 16.6. The molecule has 0 spiro atoms. The van der Waals surface area contributed by atoms with Crippen molar-refractivity contribution in [3.05, 3.63) is 41.8 Å². The second-order valence-electron chi connectivity index (χ2n) is 3.61. The highest BCUT2D eigenvalue weighted by Crippen LogP contribution is 2.22. The third kappa shape index (κ3) is 2.42. The van der Waals surface area contributed by atoms with E-state index in [0.717, 1.165) is 5.69 Å². The summed E-state index contributed by atoms with van der Waals surface area (Å²) in [5.41, 5.74) is 1.93. The standard InChI is InChI=1S/C12H12N4O2/c1-16(14)11-4-2-3-9(7-13)10(11)8-18-12-15-5-6-17-12/h2-6H,8,14H2,1H3. The number of hydrogen-bond donors (Lipinski definition) is 1. The fourth-order valence-electron chi connectivity index (χ4n) is 1.58. The second-order valence-corrected chi connectivity index (χ2v) is 3.61. The molecule has 2 aromatic rings. The van der Waals surface area contributed by atoms with Gasteiger partial charge in [0.1, 0.15) is 12.9 Å². The van der Waals surface area contributed by atoms with Crippen LogP contribution in [0.15, 0.2) is 35.1 Å². The lowest BCUT2D eigenvalue weighted by Crippen LogP contribution is -2.26. The largest absolute Gasteiger partial charge is 0.445 e. The quantitative estimate of drug-likeness (QED) is 0.646. The maximum atomic E-state index is 9.08. The van der Waals surface area contributed by atoms with Crippen LogP contribution in [0, 0.1) is 11.3 Å². The van der Waals surface area contributed by atoms with E-state index in [1.54, 1.807) is 19.2 Å². The Morgan fingerprint density at radius 1 is 1.56 bits per heavy atom. The number of nitrogens with two attached hydrogens (primary N) is 1. The number of nitriles is 1. The van der Waals surface area contributed by atoms with Crippen molar-refractivity contribution in [3.63, 3.8) is 0 Å². The van der Waals surface area contributed by atoms with E-state index in [4.69, 9.17) is 20.3 Å². The molecule has 0 aliphatic carbocycles. The van der Waals surface area contributed by atoms with E-state index in [1.807, 2.05) is 6.07 Å². The van der Waals surface area contributed by atoms with Crippen molar-refractivity contribution in [2.75, 3.05) is 12.1 Å². The summed E-state index contributed by atoms with van der Waals surface area (Å²) in [5.74, 6) is 5.72. The zero-order valence-corrected chi connectivity index (χ0v) is 9.83. The highest BCUT2D eigenvalue weighted by Gasteiger charge is 2.12. The van der Waals surface area contributed by atoms with Crippen molar-refractivity contribution in [3.8, 4) is 12.1 Å². The van der Waals surface area contributed by atoms with Crippen LogP contribution in [-0.2, 0) is 6.61 Å². The lowest BCUT2D eigenvalue weighted by atomic mass is 10.1. The van der Waals surface area contributed by atoms with Crippen LogP contribution in [0.4, 0.5) is 5.69 Å². The first-order valence-electron chi connectivity index (χ1n) is 5.25. The topological polar surface area (TPSA) is 88.3 Å². The van der Waals surface area contributed by atoms with Crippen LogP contribution in [0.1, 0.15) is 11.1 Å². The Kier molecular flexibility index (Phi) is 3.46. The number of aromatic nitrogens is 1. The maximum absolute atomic E-state index is 9.08. The number of ether oxygens (including phenoxy) is 1. The summed E-state index contributed by atoms with van der Waals surface area (Å²) < 4.78 is 10.3. The molecule has 18 heavy (non-hydrogen) atoms. The molecule has 1 aromatic heterocycles. The van der Waals surface area contributed by atoms with Crippen molar-refractivity contribution in [2.45, 2.75) is 6.61 Å². The van der Waals surface area contributed by atoms with Crippen molar-refractivity contribution in [1.29, 1.82) is 5.26 Å². The summed E-state index contributed by atoms with van der Waals surface area (Å²) in [6, 6.07) is 7.40. The Balaban J connectivity index is 2.27. The molecule has 92 valence electrons. The van der Waals surface area contributed by atoms with Crippen LogP contribution in [0.2, 0.25) is 0 Å². The Bertz CT molecular complexity index is 558. The molecule has 0 aliphatic rings. The lowest BCUT2D eigenvalue weighted by molar-refractivity contribution is 0.220. The zero-order valence-electron chi connectivity index (χ0n) is 9.83. The number of rotatable bonds is 4. The van der Waals surface area contributed by atoms with Crippen molar-refractivity contribution in [1.82, 2.24) is 4.98 Å². The molecule has 0 unspecified atom stereocenters. The molecule has 6 nitrogen and oxygen atoms in total. The van der Waals surface area contributed by atoms with Gasteiger partial charge in [0.2, 0.25) is 0 Å². The molecule has 0 saturated heterocycles. The van der Waals surface area contributed by atoms with Gasteiger partial charge in [0.05, 0.1) is 23.5 Å². The maximum Gasteiger partial charge on any atom is 0.393 e. The van der Waals surface area contributed by atoms with Gasteiger partial charge >= 0.3 is 6.08 Å². The molecule has 0 bridgehead atoms. The van der Waals surface area contributed by atoms with Gasteiger partial charge in [-0.2, -0.15) is 10.2 Å². The number of hydrogen-bond acceptors (Lipinski definition) is 6. The number of hydrazine groups is 1. The smallest absolute Gasteiger partial charge is 0.393 e. The third-order valence-corrected chi connectivity index (χ3v) is 2.40. The highest BCUT2D eigenvalue weighted by molar-refractivity contribution is 5.58. The molecule has 0 radical (unpaired) electrons. The van der Waals surface area contributed by atoms with Crippen molar-refractivity contribution in [2.24, 2.45) is 5.84 Å². The van der Waals surface area contributed by atoms with Gasteiger partial charge in [0, 0.05) is 12.6 Å². The van der Waals surface area contributed by atoms with Crippen LogP contribution in [0.25, 0.3) is 0 Å². The summed E-state index contributed by atoms with van der Waals surface area (Å²) in [7, 11) is 1.70. The van der Waals surface area contributed by atoms with Crippen LogP contribution < -0.4 is 15.6 Å². The first kappa shape index (κ1) is 12.0. The monoisotopic (exact) mass is 244 g/mol. The first-order chi connectivity index (χ1) is 8.72. The van der Waals surface area contributed by atoms with Crippen LogP contribution in [-0.4, -0.2) is 12.0 Å².